The molecule has 1 heterocycles. The number of hydrogen-bond donors (Lipinski definition) is 1. The monoisotopic (exact) mass is 269 g/mol. The molecular formula is C13H23N3O3. The predicted molar refractivity (Wildman–Crippen MR) is 73.8 cm³/mol. The number of hydrogen-bond acceptors (Lipinski definition) is 6. The van der Waals surface area contributed by atoms with Gasteiger partial charge in [0.2, 0.25) is 5.88 Å². The summed E-state index contributed by atoms with van der Waals surface area (Å²) in [5.74, 6) is 2.14. The van der Waals surface area contributed by atoms with E-state index in [1.165, 1.54) is 0 Å². The van der Waals surface area contributed by atoms with Gasteiger partial charge in [0, 0.05) is 39.9 Å². The van der Waals surface area contributed by atoms with Gasteiger partial charge in [0.1, 0.15) is 18.2 Å². The van der Waals surface area contributed by atoms with Crippen LogP contribution in [-0.4, -0.2) is 50.6 Å². The quantitative estimate of drug-likeness (QED) is 0.650. The van der Waals surface area contributed by atoms with Crippen molar-refractivity contribution in [3.8, 4) is 5.88 Å². The number of anilines is 1. The molecular weight excluding hydrogens is 246 g/mol. The Hall–Kier alpha value is -1.40. The van der Waals surface area contributed by atoms with Crippen molar-refractivity contribution in [3.63, 3.8) is 0 Å². The number of rotatable bonds is 10. The first-order valence-electron chi connectivity index (χ1n) is 6.52. The van der Waals surface area contributed by atoms with E-state index < -0.39 is 0 Å². The molecule has 0 saturated carbocycles. The predicted octanol–water partition coefficient (Wildman–Crippen LogP) is 1.51. The molecule has 1 N–H and O–H groups in total. The van der Waals surface area contributed by atoms with E-state index in [0.717, 1.165) is 37.6 Å². The molecule has 0 aromatic carbocycles. The van der Waals surface area contributed by atoms with E-state index in [4.69, 9.17) is 14.2 Å². The largest absolute Gasteiger partial charge is 0.475 e. The lowest BCUT2D eigenvalue weighted by molar-refractivity contribution is 0.143. The van der Waals surface area contributed by atoms with Gasteiger partial charge in [-0.05, 0) is 6.42 Å². The SMILES string of the molecule is CCc1nc(NCCCOC)cc(OCCOC)n1. The number of aromatic nitrogens is 2. The number of aryl methyl sites for hydroxylation is 1. The van der Waals surface area contributed by atoms with Crippen molar-refractivity contribution in [1.82, 2.24) is 9.97 Å². The van der Waals surface area contributed by atoms with E-state index in [-0.39, 0.29) is 0 Å². The van der Waals surface area contributed by atoms with Crippen molar-refractivity contribution < 1.29 is 14.2 Å². The highest BCUT2D eigenvalue weighted by molar-refractivity contribution is 5.38. The first-order chi connectivity index (χ1) is 9.30. The summed E-state index contributed by atoms with van der Waals surface area (Å²) >= 11 is 0. The van der Waals surface area contributed by atoms with Gasteiger partial charge < -0.3 is 19.5 Å². The molecule has 0 aliphatic rings. The molecule has 0 aliphatic heterocycles. The third-order valence-electron chi connectivity index (χ3n) is 2.43. The van der Waals surface area contributed by atoms with Crippen molar-refractivity contribution in [2.24, 2.45) is 0 Å². The maximum absolute atomic E-state index is 5.52. The molecule has 0 spiro atoms. The number of methoxy groups -OCH3 is 2. The van der Waals surface area contributed by atoms with Crippen LogP contribution in [0, 0.1) is 0 Å². The third-order valence-corrected chi connectivity index (χ3v) is 2.43. The Morgan fingerprint density at radius 2 is 1.89 bits per heavy atom. The Morgan fingerprint density at radius 3 is 2.58 bits per heavy atom. The molecule has 6 heteroatoms. The maximum Gasteiger partial charge on any atom is 0.218 e. The minimum Gasteiger partial charge on any atom is -0.475 e. The maximum atomic E-state index is 5.52. The minimum absolute atomic E-state index is 0.486. The van der Waals surface area contributed by atoms with Gasteiger partial charge in [-0.25, -0.2) is 4.98 Å². The molecule has 19 heavy (non-hydrogen) atoms. The molecule has 1 aromatic heterocycles. The number of nitrogens with one attached hydrogen (secondary N) is 1. The smallest absolute Gasteiger partial charge is 0.218 e. The molecule has 0 aliphatic carbocycles. The highest BCUT2D eigenvalue weighted by Crippen LogP contribution is 2.14. The highest BCUT2D eigenvalue weighted by Gasteiger charge is 2.04. The van der Waals surface area contributed by atoms with Gasteiger partial charge in [-0.2, -0.15) is 4.98 Å². The summed E-state index contributed by atoms with van der Waals surface area (Å²) in [7, 11) is 3.34. The van der Waals surface area contributed by atoms with Gasteiger partial charge in [-0.1, -0.05) is 6.92 Å². The van der Waals surface area contributed by atoms with Crippen molar-refractivity contribution in [2.45, 2.75) is 19.8 Å². The lowest BCUT2D eigenvalue weighted by Gasteiger charge is -2.10. The fourth-order valence-corrected chi connectivity index (χ4v) is 1.46. The van der Waals surface area contributed by atoms with E-state index in [9.17, 15) is 0 Å². The van der Waals surface area contributed by atoms with Crippen molar-refractivity contribution in [2.75, 3.05) is 45.9 Å². The molecule has 0 bridgehead atoms. The molecule has 0 amide bonds. The molecule has 0 atom stereocenters. The van der Waals surface area contributed by atoms with E-state index in [1.54, 1.807) is 14.2 Å². The van der Waals surface area contributed by atoms with Gasteiger partial charge in [0.05, 0.1) is 6.61 Å². The van der Waals surface area contributed by atoms with Gasteiger partial charge in [0.25, 0.3) is 0 Å². The molecule has 6 nitrogen and oxygen atoms in total. The zero-order valence-corrected chi connectivity index (χ0v) is 11.9. The van der Waals surface area contributed by atoms with E-state index in [1.807, 2.05) is 13.0 Å². The van der Waals surface area contributed by atoms with Crippen LogP contribution in [0.5, 0.6) is 5.88 Å². The second kappa shape index (κ2) is 9.52. The lowest BCUT2D eigenvalue weighted by Crippen LogP contribution is -2.10. The van der Waals surface area contributed by atoms with Crippen LogP contribution in [-0.2, 0) is 15.9 Å². The molecule has 0 fully saturated rings. The minimum atomic E-state index is 0.486. The van der Waals surface area contributed by atoms with Crippen molar-refractivity contribution in [3.05, 3.63) is 11.9 Å². The third kappa shape index (κ3) is 6.35. The molecule has 1 rings (SSSR count). The summed E-state index contributed by atoms with van der Waals surface area (Å²) in [5, 5.41) is 3.24. The van der Waals surface area contributed by atoms with Crippen molar-refractivity contribution in [1.29, 1.82) is 0 Å². The Balaban J connectivity index is 2.55. The number of ether oxygens (including phenoxy) is 3. The van der Waals surface area contributed by atoms with Crippen LogP contribution < -0.4 is 10.1 Å². The van der Waals surface area contributed by atoms with Crippen LogP contribution in [0.15, 0.2) is 6.07 Å². The van der Waals surface area contributed by atoms with Gasteiger partial charge >= 0.3 is 0 Å². The van der Waals surface area contributed by atoms with Crippen LogP contribution in [0.3, 0.4) is 0 Å². The van der Waals surface area contributed by atoms with E-state index in [2.05, 4.69) is 15.3 Å². The van der Waals surface area contributed by atoms with Gasteiger partial charge in [-0.3, -0.25) is 0 Å². The summed E-state index contributed by atoms with van der Waals surface area (Å²) < 4.78 is 15.5. The van der Waals surface area contributed by atoms with Crippen LogP contribution in [0.4, 0.5) is 5.82 Å². The van der Waals surface area contributed by atoms with Crippen LogP contribution in [0.1, 0.15) is 19.2 Å². The van der Waals surface area contributed by atoms with Gasteiger partial charge in [-0.15, -0.1) is 0 Å². The van der Waals surface area contributed by atoms with Crippen LogP contribution in [0.25, 0.3) is 0 Å². The second-order valence-electron chi connectivity index (χ2n) is 3.98. The van der Waals surface area contributed by atoms with Crippen LogP contribution in [0.2, 0.25) is 0 Å². The first kappa shape index (κ1) is 15.7. The van der Waals surface area contributed by atoms with E-state index >= 15 is 0 Å². The van der Waals surface area contributed by atoms with E-state index in [0.29, 0.717) is 19.1 Å². The second-order valence-corrected chi connectivity index (χ2v) is 3.98. The first-order valence-corrected chi connectivity index (χ1v) is 6.52. The summed E-state index contributed by atoms with van der Waals surface area (Å²) in [6.07, 6.45) is 1.70. The molecule has 0 saturated heterocycles. The zero-order valence-electron chi connectivity index (χ0n) is 11.9. The fourth-order valence-electron chi connectivity index (χ4n) is 1.46. The molecule has 1 aromatic rings. The average molecular weight is 269 g/mol. The highest BCUT2D eigenvalue weighted by atomic mass is 16.5. The van der Waals surface area contributed by atoms with Gasteiger partial charge in [0.15, 0.2) is 0 Å². The molecule has 108 valence electrons. The summed E-state index contributed by atoms with van der Waals surface area (Å²) in [6.45, 7) is 4.59. The molecule has 0 radical (unpaired) electrons. The fraction of sp³-hybridized carbons (Fsp3) is 0.692. The number of nitrogens with zero attached hydrogens (tertiary/aromatic N) is 2. The van der Waals surface area contributed by atoms with Crippen molar-refractivity contribution >= 4 is 5.82 Å². The Morgan fingerprint density at radius 1 is 1.11 bits per heavy atom. The molecule has 0 unspecified atom stereocenters. The van der Waals surface area contributed by atoms with Crippen LogP contribution >= 0.6 is 0 Å². The summed E-state index contributed by atoms with van der Waals surface area (Å²) in [6, 6.07) is 1.81. The Kier molecular flexibility index (Phi) is 7.84. The topological polar surface area (TPSA) is 65.5 Å². The Labute approximate surface area is 114 Å². The summed E-state index contributed by atoms with van der Waals surface area (Å²) in [4.78, 5) is 8.72. The standard InChI is InChI=1S/C13H23N3O3/c1-4-11-15-12(14-6-5-7-17-2)10-13(16-11)19-9-8-18-3/h10H,4-9H2,1-3H3,(H,14,15,16). The summed E-state index contributed by atoms with van der Waals surface area (Å²) in [5.41, 5.74) is 0. The lowest BCUT2D eigenvalue weighted by atomic mass is 10.4. The Bertz CT molecular complexity index is 361. The average Bonchev–Trinajstić information content (AvgIpc) is 2.44. The zero-order chi connectivity index (χ0) is 13.9. The normalized spacial score (nSPS) is 10.5.